The Hall–Kier alpha value is -1.56. The van der Waals surface area contributed by atoms with Crippen molar-refractivity contribution in [2.75, 3.05) is 24.6 Å². The minimum atomic E-state index is -3.64. The Bertz CT molecular complexity index is 1120. The van der Waals surface area contributed by atoms with Gasteiger partial charge in [0.25, 0.3) is 5.56 Å². The second kappa shape index (κ2) is 7.36. The monoisotopic (exact) mass is 443 g/mol. The van der Waals surface area contributed by atoms with E-state index in [1.807, 2.05) is 17.5 Å². The minimum absolute atomic E-state index is 0.0673. The molecule has 0 spiro atoms. The van der Waals surface area contributed by atoms with Crippen molar-refractivity contribution in [2.45, 2.75) is 30.6 Å². The van der Waals surface area contributed by atoms with Gasteiger partial charge in [-0.15, -0.1) is 11.3 Å². The Labute approximate surface area is 167 Å². The molecule has 11 heteroatoms. The normalized spacial score (nSPS) is 23.8. The third kappa shape index (κ3) is 3.80. The Morgan fingerprint density at radius 3 is 2.46 bits per heavy atom. The topological polar surface area (TPSA) is 106 Å². The van der Waals surface area contributed by atoms with Gasteiger partial charge in [-0.1, -0.05) is 6.07 Å². The van der Waals surface area contributed by atoms with E-state index >= 15 is 0 Å². The summed E-state index contributed by atoms with van der Waals surface area (Å²) < 4.78 is 51.7. The van der Waals surface area contributed by atoms with E-state index in [1.54, 1.807) is 17.4 Å². The van der Waals surface area contributed by atoms with Gasteiger partial charge in [-0.3, -0.25) is 4.79 Å². The lowest BCUT2D eigenvalue weighted by molar-refractivity contribution is 0.254. The lowest BCUT2D eigenvalue weighted by Gasteiger charge is -2.33. The van der Waals surface area contributed by atoms with Crippen molar-refractivity contribution in [1.29, 1.82) is 0 Å². The molecule has 0 aromatic carbocycles. The molecule has 1 atom stereocenters. The van der Waals surface area contributed by atoms with Crippen molar-refractivity contribution in [2.24, 2.45) is 0 Å². The molecule has 0 bridgehead atoms. The lowest BCUT2D eigenvalue weighted by atomic mass is 10.1. The molecule has 2 aromatic heterocycles. The molecule has 8 nitrogen and oxygen atoms in total. The van der Waals surface area contributed by atoms with Crippen molar-refractivity contribution < 1.29 is 16.8 Å². The van der Waals surface area contributed by atoms with Crippen LogP contribution in [0.3, 0.4) is 0 Å². The van der Waals surface area contributed by atoms with E-state index in [9.17, 15) is 21.6 Å². The Morgan fingerprint density at radius 2 is 1.86 bits per heavy atom. The number of thiophene rings is 1. The van der Waals surface area contributed by atoms with Crippen molar-refractivity contribution in [3.8, 4) is 10.6 Å². The second-order valence-corrected chi connectivity index (χ2v) is 12.6. The van der Waals surface area contributed by atoms with Crippen molar-refractivity contribution in [3.05, 3.63) is 40.0 Å². The Kier molecular flexibility index (Phi) is 5.19. The maximum atomic E-state index is 12.8. The molecule has 0 saturated carbocycles. The Morgan fingerprint density at radius 1 is 1.11 bits per heavy atom. The van der Waals surface area contributed by atoms with Gasteiger partial charge in [-0.05, 0) is 36.8 Å². The largest absolute Gasteiger partial charge is 0.268 e. The van der Waals surface area contributed by atoms with Crippen LogP contribution in [0.25, 0.3) is 10.6 Å². The van der Waals surface area contributed by atoms with Crippen LogP contribution < -0.4 is 5.56 Å². The molecular weight excluding hydrogens is 422 g/mol. The summed E-state index contributed by atoms with van der Waals surface area (Å²) in [5, 5.41) is 5.58. The first-order valence-electron chi connectivity index (χ1n) is 9.09. The maximum absolute atomic E-state index is 12.8. The molecule has 28 heavy (non-hydrogen) atoms. The van der Waals surface area contributed by atoms with Crippen LogP contribution in [0.2, 0.25) is 0 Å². The van der Waals surface area contributed by atoms with Crippen LogP contribution in [0.1, 0.15) is 25.3 Å². The van der Waals surface area contributed by atoms with Crippen LogP contribution in [0.4, 0.5) is 0 Å². The molecule has 2 saturated heterocycles. The van der Waals surface area contributed by atoms with Crippen LogP contribution in [-0.4, -0.2) is 60.8 Å². The van der Waals surface area contributed by atoms with Gasteiger partial charge in [0.15, 0.2) is 9.84 Å². The molecule has 2 aliphatic heterocycles. The molecule has 1 unspecified atom stereocenters. The molecular formula is C17H21N3O5S3. The first-order chi connectivity index (χ1) is 13.3. The van der Waals surface area contributed by atoms with E-state index < -0.39 is 25.1 Å². The fraction of sp³-hybridized carbons (Fsp3) is 0.529. The summed E-state index contributed by atoms with van der Waals surface area (Å²) in [5.74, 6) is -0.360. The summed E-state index contributed by atoms with van der Waals surface area (Å²) in [6.07, 6.45) is 1.10. The summed E-state index contributed by atoms with van der Waals surface area (Å²) in [7, 11) is -6.91. The number of nitrogens with zero attached hydrogens (tertiary/aromatic N) is 3. The van der Waals surface area contributed by atoms with E-state index in [0.717, 1.165) is 10.6 Å². The molecule has 2 fully saturated rings. The highest BCUT2D eigenvalue weighted by Crippen LogP contribution is 2.28. The summed E-state index contributed by atoms with van der Waals surface area (Å²) in [6, 6.07) is 6.88. The number of sulfone groups is 1. The fourth-order valence-corrected chi connectivity index (χ4v) is 9.04. The molecule has 0 amide bonds. The molecule has 0 radical (unpaired) electrons. The lowest BCUT2D eigenvalue weighted by Crippen LogP contribution is -2.45. The van der Waals surface area contributed by atoms with E-state index in [4.69, 9.17) is 0 Å². The van der Waals surface area contributed by atoms with Crippen LogP contribution in [0, 0.1) is 0 Å². The number of rotatable bonds is 4. The molecule has 2 aromatic rings. The number of hydrogen-bond donors (Lipinski definition) is 0. The zero-order valence-electron chi connectivity index (χ0n) is 15.1. The molecule has 2 aliphatic rings. The van der Waals surface area contributed by atoms with Gasteiger partial charge in [0.2, 0.25) is 10.0 Å². The number of aromatic nitrogens is 2. The average molecular weight is 444 g/mol. The van der Waals surface area contributed by atoms with Gasteiger partial charge in [0.05, 0.1) is 27.7 Å². The fourth-order valence-electron chi connectivity index (χ4n) is 3.79. The highest BCUT2D eigenvalue weighted by Gasteiger charge is 2.41. The van der Waals surface area contributed by atoms with Crippen LogP contribution in [-0.2, 0) is 19.9 Å². The molecule has 0 aliphatic carbocycles. The Balaban J connectivity index is 1.49. The predicted octanol–water partition coefficient (Wildman–Crippen LogP) is 1.13. The van der Waals surface area contributed by atoms with E-state index in [-0.39, 0.29) is 42.6 Å². The molecule has 0 N–H and O–H groups in total. The molecule has 4 rings (SSSR count). The van der Waals surface area contributed by atoms with Crippen LogP contribution >= 0.6 is 11.3 Å². The third-order valence-electron chi connectivity index (χ3n) is 5.34. The quantitative estimate of drug-likeness (QED) is 0.701. The second-order valence-electron chi connectivity index (χ2n) is 7.18. The van der Waals surface area contributed by atoms with Gasteiger partial charge in [-0.2, -0.15) is 5.10 Å². The highest BCUT2D eigenvalue weighted by molar-refractivity contribution is 7.95. The van der Waals surface area contributed by atoms with Gasteiger partial charge >= 0.3 is 0 Å². The van der Waals surface area contributed by atoms with Crippen molar-refractivity contribution in [1.82, 2.24) is 14.1 Å². The van der Waals surface area contributed by atoms with E-state index in [2.05, 4.69) is 5.10 Å². The van der Waals surface area contributed by atoms with Gasteiger partial charge in [-0.25, -0.2) is 25.8 Å². The highest BCUT2D eigenvalue weighted by atomic mass is 32.2. The first-order valence-corrected chi connectivity index (χ1v) is 13.3. The average Bonchev–Trinajstić information content (AvgIpc) is 3.32. The maximum Gasteiger partial charge on any atom is 0.267 e. The SMILES string of the molecule is O=c1ccc(-c2cccs2)nn1C1CCN(S(=O)(=O)C2CCS(=O)(=O)C2)CC1. The zero-order chi connectivity index (χ0) is 19.9. The number of piperidine rings is 1. The number of sulfonamides is 1. The smallest absolute Gasteiger partial charge is 0.267 e. The first kappa shape index (κ1) is 19.7. The van der Waals surface area contributed by atoms with Crippen molar-refractivity contribution in [3.63, 3.8) is 0 Å². The standard InChI is InChI=1S/C17H21N3O5S3/c21-17-4-3-15(16-2-1-10-26-16)18-20(17)13-5-8-19(9-6-13)28(24,25)14-7-11-27(22,23)12-14/h1-4,10,13-14H,5-9,11-12H2. The molecule has 4 heterocycles. The molecule has 152 valence electrons. The summed E-state index contributed by atoms with van der Waals surface area (Å²) in [5.41, 5.74) is 0.518. The van der Waals surface area contributed by atoms with Gasteiger partial charge < -0.3 is 0 Å². The van der Waals surface area contributed by atoms with Crippen LogP contribution in [0.5, 0.6) is 0 Å². The van der Waals surface area contributed by atoms with Gasteiger partial charge in [0.1, 0.15) is 5.69 Å². The predicted molar refractivity (Wildman–Crippen MR) is 108 cm³/mol. The summed E-state index contributed by atoms with van der Waals surface area (Å²) in [4.78, 5) is 13.3. The summed E-state index contributed by atoms with van der Waals surface area (Å²) >= 11 is 1.54. The minimum Gasteiger partial charge on any atom is -0.268 e. The van der Waals surface area contributed by atoms with E-state index in [1.165, 1.54) is 15.1 Å². The summed E-state index contributed by atoms with van der Waals surface area (Å²) in [6.45, 7) is 0.530. The van der Waals surface area contributed by atoms with Crippen molar-refractivity contribution >= 4 is 31.2 Å². The van der Waals surface area contributed by atoms with Gasteiger partial charge in [0, 0.05) is 19.2 Å². The van der Waals surface area contributed by atoms with Crippen LogP contribution in [0.15, 0.2) is 34.4 Å². The van der Waals surface area contributed by atoms with E-state index in [0.29, 0.717) is 12.8 Å². The third-order valence-corrected chi connectivity index (χ3v) is 10.5. The zero-order valence-corrected chi connectivity index (χ0v) is 17.5. The number of hydrogen-bond acceptors (Lipinski definition) is 7.